The number of nitrogens with one attached hydrogen (secondary N) is 1. The molecule has 2 bridgehead atoms. The van der Waals surface area contributed by atoms with Gasteiger partial charge in [0, 0.05) is 43.1 Å². The van der Waals surface area contributed by atoms with Crippen molar-refractivity contribution in [2.75, 3.05) is 26.0 Å². The Morgan fingerprint density at radius 1 is 1.51 bits per heavy atom. The van der Waals surface area contributed by atoms with E-state index in [4.69, 9.17) is 23.2 Å². The molecule has 2 saturated heterocycles. The summed E-state index contributed by atoms with van der Waals surface area (Å²) >= 11 is 0. The molecular weight excluding hydrogens is 495 g/mol. The van der Waals surface area contributed by atoms with E-state index in [2.05, 4.69) is 19.6 Å². The van der Waals surface area contributed by atoms with Crippen LogP contribution in [0.15, 0.2) is 15.8 Å². The number of aromatic amines is 1. The fourth-order valence-electron chi connectivity index (χ4n) is 4.33. The highest BCUT2D eigenvalue weighted by atomic mass is 32.2. The van der Waals surface area contributed by atoms with Crippen molar-refractivity contribution in [1.29, 1.82) is 1.43 Å². The molecule has 2 aliphatic rings. The summed E-state index contributed by atoms with van der Waals surface area (Å²) in [6, 6.07) is 0.128. The number of aryl methyl sites for hydroxylation is 1. The summed E-state index contributed by atoms with van der Waals surface area (Å²) in [5.41, 5.74) is -2.06. The monoisotopic (exact) mass is 535 g/mol. The van der Waals surface area contributed by atoms with Crippen molar-refractivity contribution in [2.45, 2.75) is 83.2 Å². The highest BCUT2D eigenvalue weighted by Gasteiger charge is 2.65. The van der Waals surface area contributed by atoms with Crippen molar-refractivity contribution < 1.29 is 24.5 Å². The predicted molar refractivity (Wildman–Crippen MR) is 135 cm³/mol. The van der Waals surface area contributed by atoms with Gasteiger partial charge in [-0.1, -0.05) is 6.92 Å². The minimum atomic E-state index is -1.67. The van der Waals surface area contributed by atoms with Crippen LogP contribution in [0.2, 0.25) is 0 Å². The SMILES string of the molecule is [2H][C@H](C)[C@@]12CS(=O)[C@@H]([C@H](n3cc(C)c(=O)[nH]c3=O)O1)[C@@H]2OP(OCC[N+]#[C-])N(C(C)C)C(C)C.[3H]OC. The summed E-state index contributed by atoms with van der Waals surface area (Å²) in [6.45, 7) is 18.7. The number of ether oxygens (including phenoxy) is 1. The molecule has 0 aliphatic carbocycles. The molecule has 3 heterocycles. The van der Waals surface area contributed by atoms with E-state index in [0.717, 1.165) is 0 Å². The zero-order chi connectivity index (χ0) is 28.1. The van der Waals surface area contributed by atoms with Crippen LogP contribution in [0.5, 0.6) is 0 Å². The molecule has 2 aliphatic heterocycles. The van der Waals surface area contributed by atoms with Gasteiger partial charge in [0.1, 0.15) is 23.6 Å². The van der Waals surface area contributed by atoms with E-state index in [9.17, 15) is 13.8 Å². The Bertz CT molecular complexity index is 1090. The van der Waals surface area contributed by atoms with E-state index >= 15 is 0 Å². The fourth-order valence-corrected chi connectivity index (χ4v) is 8.26. The number of aromatic nitrogens is 2. The first-order valence-electron chi connectivity index (χ1n) is 12.3. The number of H-pyrrole nitrogens is 1. The molecule has 2 N–H and O–H groups in total. The van der Waals surface area contributed by atoms with E-state index < -0.39 is 60.2 Å². The summed E-state index contributed by atoms with van der Waals surface area (Å²) in [5, 5.41) is 2.77. The topological polar surface area (TPSA) is 127 Å². The molecule has 2 unspecified atom stereocenters. The van der Waals surface area contributed by atoms with Gasteiger partial charge in [-0.2, -0.15) is 0 Å². The van der Waals surface area contributed by atoms with E-state index in [0.29, 0.717) is 5.56 Å². The maximum atomic E-state index is 13.3. The molecule has 0 radical (unpaired) electrons. The maximum absolute atomic E-state index is 13.3. The molecule has 0 aromatic carbocycles. The molecule has 1 aromatic heterocycles. The van der Waals surface area contributed by atoms with Crippen LogP contribution < -0.4 is 11.2 Å². The lowest BCUT2D eigenvalue weighted by atomic mass is 9.96. The number of aliphatic hydroxyl groups is 1. The van der Waals surface area contributed by atoms with Crippen LogP contribution in [0.25, 0.3) is 4.85 Å². The Morgan fingerprint density at radius 3 is 2.69 bits per heavy atom. The molecule has 3 rings (SSSR count). The van der Waals surface area contributed by atoms with Gasteiger partial charge in [0.05, 0.1) is 5.75 Å². The van der Waals surface area contributed by atoms with Gasteiger partial charge < -0.3 is 23.7 Å². The van der Waals surface area contributed by atoms with Gasteiger partial charge in [-0.25, -0.2) is 16.0 Å². The Balaban J connectivity index is 0.00000153. The molecular formula is C22H37N4O7PS. The van der Waals surface area contributed by atoms with Crippen LogP contribution in [-0.4, -0.2) is 80.0 Å². The van der Waals surface area contributed by atoms with E-state index in [1.807, 2.05) is 27.7 Å². The number of fused-ring (bicyclic) bond motifs is 2. The number of aliphatic hydroxyl groups excluding tert-OH is 1. The lowest BCUT2D eigenvalue weighted by Gasteiger charge is -2.38. The van der Waals surface area contributed by atoms with E-state index in [1.54, 1.807) is 13.8 Å². The number of hydrogen-bond acceptors (Lipinski definition) is 8. The minimum absolute atomic E-state index is 0.0640. The van der Waals surface area contributed by atoms with Crippen LogP contribution >= 0.6 is 8.53 Å². The average Bonchev–Trinajstić information content (AvgIpc) is 3.25. The van der Waals surface area contributed by atoms with Crippen molar-refractivity contribution in [3.05, 3.63) is 44.0 Å². The predicted octanol–water partition coefficient (Wildman–Crippen LogP) is 1.93. The van der Waals surface area contributed by atoms with Crippen molar-refractivity contribution in [1.82, 2.24) is 14.2 Å². The lowest BCUT2D eigenvalue weighted by Crippen LogP contribution is -2.43. The molecule has 1 aromatic rings. The Kier molecular flexibility index (Phi) is 9.64. The van der Waals surface area contributed by atoms with Gasteiger partial charge in [-0.3, -0.25) is 18.6 Å². The number of rotatable bonds is 10. The van der Waals surface area contributed by atoms with Crippen LogP contribution in [0.1, 0.15) is 54.2 Å². The second-order valence-electron chi connectivity index (χ2n) is 8.77. The standard InChI is InChI=1S/C21H33N4O6PS.CH4O/c1-8-21-12-33(28)16(19(30-21)24-11-15(6)18(26)23-20(24)27)17(21)31-32(29-10-9-22-7)25(13(2)3)14(4)5;1-2/h11,13-14,16-17,19H,8-10,12H2,1-6H3,(H,23,26,27);2H,1H3/t16-,17+,19-,21+,32?,33?;/m1./s1/i8D;2T/t8-,16-,17+,19-,21+,32?,33?;. The maximum Gasteiger partial charge on any atom is 0.330 e. The fraction of sp³-hybridized carbons (Fsp3) is 0.773. The van der Waals surface area contributed by atoms with Crippen LogP contribution in [0.4, 0.5) is 0 Å². The average molecular weight is 536 g/mol. The van der Waals surface area contributed by atoms with Gasteiger partial charge in [0.2, 0.25) is 7.98 Å². The summed E-state index contributed by atoms with van der Waals surface area (Å²) in [6.07, 6.45) is -1.14. The van der Waals surface area contributed by atoms with Crippen molar-refractivity contribution >= 4 is 19.3 Å². The number of hydrogen-bond donors (Lipinski definition) is 2. The highest BCUT2D eigenvalue weighted by molar-refractivity contribution is 7.86. The zero-order valence-corrected chi connectivity index (χ0v) is 22.9. The molecule has 13 heteroatoms. The van der Waals surface area contributed by atoms with Gasteiger partial charge in [-0.15, -0.1) is 0 Å². The highest BCUT2D eigenvalue weighted by Crippen LogP contribution is 2.56. The van der Waals surface area contributed by atoms with Gasteiger partial charge in [-0.05, 0) is 41.0 Å². The van der Waals surface area contributed by atoms with Gasteiger partial charge in [0.15, 0.2) is 6.23 Å². The van der Waals surface area contributed by atoms with Crippen molar-refractivity contribution in [3.63, 3.8) is 0 Å². The van der Waals surface area contributed by atoms with Crippen molar-refractivity contribution in [3.8, 4) is 0 Å². The first kappa shape index (κ1) is 26.6. The van der Waals surface area contributed by atoms with Crippen LogP contribution in [0.3, 0.4) is 0 Å². The van der Waals surface area contributed by atoms with Crippen LogP contribution in [0, 0.1) is 13.5 Å². The molecule has 7 atom stereocenters. The summed E-state index contributed by atoms with van der Waals surface area (Å²) in [4.78, 5) is 30.1. The lowest BCUT2D eigenvalue weighted by molar-refractivity contribution is -0.0893. The third-order valence-electron chi connectivity index (χ3n) is 5.84. The molecule has 2 fully saturated rings. The van der Waals surface area contributed by atoms with E-state index in [1.165, 1.54) is 17.9 Å². The molecule has 198 valence electrons. The molecule has 11 nitrogen and oxygen atoms in total. The molecule has 0 spiro atoms. The second kappa shape index (κ2) is 12.7. The summed E-state index contributed by atoms with van der Waals surface area (Å²) in [5.74, 6) is 0.106. The third-order valence-corrected chi connectivity index (χ3v) is 9.77. The smallest absolute Gasteiger partial charge is 0.330 e. The Hall–Kier alpha value is -1.45. The first-order chi connectivity index (χ1) is 17.4. The largest absolute Gasteiger partial charge is 0.400 e. The molecule has 0 amide bonds. The quantitative estimate of drug-likeness (QED) is 0.264. The van der Waals surface area contributed by atoms with Gasteiger partial charge >= 0.3 is 5.69 Å². The first-order valence-corrected chi connectivity index (χ1v) is 13.9. The third kappa shape index (κ3) is 6.10. The normalized spacial score (nSPS) is 30.0. The minimum Gasteiger partial charge on any atom is -0.400 e. The summed E-state index contributed by atoms with van der Waals surface area (Å²) < 4.78 is 49.7. The Morgan fingerprint density at radius 2 is 2.14 bits per heavy atom. The zero-order valence-electron chi connectivity index (χ0n) is 23.2. The second-order valence-corrected chi connectivity index (χ2v) is 11.8. The van der Waals surface area contributed by atoms with Gasteiger partial charge in [0.25, 0.3) is 14.1 Å². The molecule has 0 saturated carbocycles. The van der Waals surface area contributed by atoms with Crippen LogP contribution in [-0.2, 0) is 24.6 Å². The molecule has 35 heavy (non-hydrogen) atoms. The van der Waals surface area contributed by atoms with Crippen molar-refractivity contribution in [2.24, 2.45) is 0 Å². The van der Waals surface area contributed by atoms with E-state index in [-0.39, 0.29) is 31.0 Å². The number of nitrogens with zero attached hydrogens (tertiary/aromatic N) is 3. The Labute approximate surface area is 212 Å². The summed E-state index contributed by atoms with van der Waals surface area (Å²) in [7, 11) is -1.83.